The van der Waals surface area contributed by atoms with Crippen LogP contribution in [0, 0.1) is 11.3 Å². The molecule has 1 saturated carbocycles. The van der Waals surface area contributed by atoms with E-state index in [1.54, 1.807) is 0 Å². The fourth-order valence-corrected chi connectivity index (χ4v) is 4.48. The number of hydrogen-bond donors (Lipinski definition) is 3. The first kappa shape index (κ1) is 14.3. The predicted octanol–water partition coefficient (Wildman–Crippen LogP) is 1.58. The number of amides is 1. The SMILES string of the molecule is O=C(CC1CC2CCC(C1)N2)NCC1(CO)CCCC1. The van der Waals surface area contributed by atoms with Crippen LogP contribution in [0.1, 0.15) is 57.8 Å². The maximum Gasteiger partial charge on any atom is 0.220 e. The van der Waals surface area contributed by atoms with E-state index in [0.29, 0.717) is 31.0 Å². The van der Waals surface area contributed by atoms with Gasteiger partial charge in [0.25, 0.3) is 0 Å². The first-order chi connectivity index (χ1) is 9.69. The number of aliphatic hydroxyl groups excluding tert-OH is 1. The number of fused-ring (bicyclic) bond motifs is 2. The van der Waals surface area contributed by atoms with E-state index in [1.165, 1.54) is 25.7 Å². The molecule has 3 N–H and O–H groups in total. The van der Waals surface area contributed by atoms with Crippen LogP contribution in [-0.4, -0.2) is 36.2 Å². The minimum absolute atomic E-state index is 0.0250. The molecule has 20 heavy (non-hydrogen) atoms. The molecule has 3 fully saturated rings. The molecule has 2 unspecified atom stereocenters. The first-order valence-corrected chi connectivity index (χ1v) is 8.33. The van der Waals surface area contributed by atoms with Crippen LogP contribution in [0.4, 0.5) is 0 Å². The van der Waals surface area contributed by atoms with Crippen LogP contribution in [0.5, 0.6) is 0 Å². The summed E-state index contributed by atoms with van der Waals surface area (Å²) in [5.41, 5.74) is -0.0250. The van der Waals surface area contributed by atoms with Crippen LogP contribution in [0.3, 0.4) is 0 Å². The number of nitrogens with one attached hydrogen (secondary N) is 2. The summed E-state index contributed by atoms with van der Waals surface area (Å²) in [5.74, 6) is 0.749. The summed E-state index contributed by atoms with van der Waals surface area (Å²) in [6.07, 6.45) is 10.1. The van der Waals surface area contributed by atoms with Gasteiger partial charge in [-0.1, -0.05) is 12.8 Å². The molecule has 0 aromatic heterocycles. The highest BCUT2D eigenvalue weighted by Crippen LogP contribution is 2.37. The van der Waals surface area contributed by atoms with E-state index in [4.69, 9.17) is 0 Å². The Morgan fingerprint density at radius 2 is 1.85 bits per heavy atom. The van der Waals surface area contributed by atoms with Gasteiger partial charge in [0.05, 0.1) is 6.61 Å². The van der Waals surface area contributed by atoms with Crippen LogP contribution in [0.2, 0.25) is 0 Å². The van der Waals surface area contributed by atoms with Crippen molar-refractivity contribution < 1.29 is 9.90 Å². The Morgan fingerprint density at radius 3 is 2.45 bits per heavy atom. The Kier molecular flexibility index (Phi) is 4.32. The molecule has 0 spiro atoms. The van der Waals surface area contributed by atoms with Crippen molar-refractivity contribution in [1.29, 1.82) is 0 Å². The van der Waals surface area contributed by atoms with Gasteiger partial charge in [-0.3, -0.25) is 4.79 Å². The Hall–Kier alpha value is -0.610. The summed E-state index contributed by atoms with van der Waals surface area (Å²) in [7, 11) is 0. The normalized spacial score (nSPS) is 35.1. The van der Waals surface area contributed by atoms with E-state index < -0.39 is 0 Å². The summed E-state index contributed by atoms with van der Waals surface area (Å²) in [6, 6.07) is 1.32. The smallest absolute Gasteiger partial charge is 0.220 e. The number of rotatable bonds is 5. The van der Waals surface area contributed by atoms with Crippen molar-refractivity contribution >= 4 is 5.91 Å². The standard InChI is InChI=1S/C16H28N2O2/c19-11-16(5-1-2-6-16)10-17-15(20)9-12-7-13-3-4-14(8-12)18-13/h12-14,18-19H,1-11H2,(H,17,20). The highest BCUT2D eigenvalue weighted by molar-refractivity contribution is 5.76. The summed E-state index contributed by atoms with van der Waals surface area (Å²) in [5, 5.41) is 16.3. The second-order valence-electron chi connectivity index (χ2n) is 7.32. The monoisotopic (exact) mass is 280 g/mol. The van der Waals surface area contributed by atoms with Crippen LogP contribution in [-0.2, 0) is 4.79 Å². The summed E-state index contributed by atoms with van der Waals surface area (Å²) in [4.78, 5) is 12.1. The molecular weight excluding hydrogens is 252 g/mol. The number of carbonyl (C=O) groups is 1. The topological polar surface area (TPSA) is 61.4 Å². The molecule has 2 bridgehead atoms. The van der Waals surface area contributed by atoms with E-state index in [2.05, 4.69) is 10.6 Å². The summed E-state index contributed by atoms with van der Waals surface area (Å²) >= 11 is 0. The lowest BCUT2D eigenvalue weighted by Crippen LogP contribution is -2.42. The zero-order valence-electron chi connectivity index (χ0n) is 12.4. The predicted molar refractivity (Wildman–Crippen MR) is 78.3 cm³/mol. The molecule has 4 nitrogen and oxygen atoms in total. The average Bonchev–Trinajstić information content (AvgIpc) is 3.04. The van der Waals surface area contributed by atoms with E-state index in [9.17, 15) is 9.90 Å². The largest absolute Gasteiger partial charge is 0.396 e. The molecule has 1 aliphatic carbocycles. The van der Waals surface area contributed by atoms with E-state index >= 15 is 0 Å². The molecule has 2 aliphatic heterocycles. The minimum atomic E-state index is -0.0250. The third kappa shape index (κ3) is 3.17. The molecule has 0 aromatic rings. The number of aliphatic hydroxyl groups is 1. The van der Waals surface area contributed by atoms with Gasteiger partial charge in [-0.15, -0.1) is 0 Å². The average molecular weight is 280 g/mol. The fourth-order valence-electron chi connectivity index (χ4n) is 4.48. The van der Waals surface area contributed by atoms with E-state index in [0.717, 1.165) is 25.7 Å². The van der Waals surface area contributed by atoms with Gasteiger partial charge in [0.2, 0.25) is 5.91 Å². The number of hydrogen-bond acceptors (Lipinski definition) is 3. The Balaban J connectivity index is 1.43. The molecule has 2 atom stereocenters. The quantitative estimate of drug-likeness (QED) is 0.716. The zero-order chi connectivity index (χ0) is 14.0. The van der Waals surface area contributed by atoms with Gasteiger partial charge < -0.3 is 15.7 Å². The Morgan fingerprint density at radius 1 is 1.20 bits per heavy atom. The second-order valence-corrected chi connectivity index (χ2v) is 7.32. The molecule has 4 heteroatoms. The molecule has 1 amide bonds. The molecule has 0 aromatic carbocycles. The van der Waals surface area contributed by atoms with Gasteiger partial charge >= 0.3 is 0 Å². The van der Waals surface area contributed by atoms with Gasteiger partial charge in [0.15, 0.2) is 0 Å². The highest BCUT2D eigenvalue weighted by atomic mass is 16.3. The van der Waals surface area contributed by atoms with Crippen LogP contribution >= 0.6 is 0 Å². The molecule has 2 heterocycles. The third-order valence-corrected chi connectivity index (χ3v) is 5.70. The van der Waals surface area contributed by atoms with Crippen molar-refractivity contribution in [2.75, 3.05) is 13.2 Å². The van der Waals surface area contributed by atoms with Gasteiger partial charge in [-0.2, -0.15) is 0 Å². The Labute approximate surface area is 121 Å². The Bertz CT molecular complexity index is 340. The number of carbonyl (C=O) groups excluding carboxylic acids is 1. The van der Waals surface area contributed by atoms with Gasteiger partial charge in [-0.25, -0.2) is 0 Å². The fraction of sp³-hybridized carbons (Fsp3) is 0.938. The molecule has 3 aliphatic rings. The summed E-state index contributed by atoms with van der Waals surface area (Å²) < 4.78 is 0. The van der Waals surface area contributed by atoms with Crippen molar-refractivity contribution in [3.05, 3.63) is 0 Å². The van der Waals surface area contributed by atoms with Crippen LogP contribution in [0.25, 0.3) is 0 Å². The van der Waals surface area contributed by atoms with Gasteiger partial charge in [0, 0.05) is 30.5 Å². The maximum absolute atomic E-state index is 12.1. The maximum atomic E-state index is 12.1. The van der Waals surface area contributed by atoms with E-state index in [-0.39, 0.29) is 17.9 Å². The highest BCUT2D eigenvalue weighted by Gasteiger charge is 2.36. The van der Waals surface area contributed by atoms with Gasteiger partial charge in [0.1, 0.15) is 0 Å². The number of piperidine rings is 1. The molecular formula is C16H28N2O2. The molecule has 0 radical (unpaired) electrons. The van der Waals surface area contributed by atoms with Crippen LogP contribution in [0.15, 0.2) is 0 Å². The third-order valence-electron chi connectivity index (χ3n) is 5.70. The zero-order valence-corrected chi connectivity index (χ0v) is 12.4. The first-order valence-electron chi connectivity index (χ1n) is 8.33. The lowest BCUT2D eigenvalue weighted by molar-refractivity contribution is -0.122. The van der Waals surface area contributed by atoms with Gasteiger partial charge in [-0.05, 0) is 44.4 Å². The van der Waals surface area contributed by atoms with Crippen molar-refractivity contribution in [3.8, 4) is 0 Å². The van der Waals surface area contributed by atoms with Crippen LogP contribution < -0.4 is 10.6 Å². The van der Waals surface area contributed by atoms with Crippen molar-refractivity contribution in [3.63, 3.8) is 0 Å². The molecule has 2 saturated heterocycles. The lowest BCUT2D eigenvalue weighted by Gasteiger charge is -2.30. The molecule has 3 rings (SSSR count). The summed E-state index contributed by atoms with van der Waals surface area (Å²) in [6.45, 7) is 0.880. The molecule has 114 valence electrons. The van der Waals surface area contributed by atoms with Crippen molar-refractivity contribution in [2.45, 2.75) is 69.9 Å². The lowest BCUT2D eigenvalue weighted by atomic mass is 9.86. The minimum Gasteiger partial charge on any atom is -0.396 e. The van der Waals surface area contributed by atoms with E-state index in [1.807, 2.05) is 0 Å². The van der Waals surface area contributed by atoms with Crippen molar-refractivity contribution in [2.24, 2.45) is 11.3 Å². The second kappa shape index (κ2) is 6.02. The van der Waals surface area contributed by atoms with Crippen molar-refractivity contribution in [1.82, 2.24) is 10.6 Å².